The lowest BCUT2D eigenvalue weighted by molar-refractivity contribution is -0.129. The Labute approximate surface area is 181 Å². The molecule has 2 amide bonds. The van der Waals surface area contributed by atoms with Crippen LogP contribution in [-0.2, 0) is 22.7 Å². The maximum Gasteiger partial charge on any atom is 0.226 e. The third-order valence-electron chi connectivity index (χ3n) is 5.55. The molecule has 2 heterocycles. The number of hydrogen-bond donors (Lipinski definition) is 2. The zero-order valence-electron chi connectivity index (χ0n) is 17.7. The van der Waals surface area contributed by atoms with Crippen LogP contribution >= 0.6 is 12.2 Å². The first kappa shape index (κ1) is 22.0. The average molecular weight is 432 g/mol. The van der Waals surface area contributed by atoms with Gasteiger partial charge in [-0.05, 0) is 43.3 Å². The van der Waals surface area contributed by atoms with Crippen molar-refractivity contribution in [1.29, 1.82) is 0 Å². The van der Waals surface area contributed by atoms with Crippen LogP contribution in [0.4, 0.5) is 0 Å². The number of hydrogen-bond acceptors (Lipinski definition) is 5. The number of aromatic nitrogens is 3. The molecule has 8 nitrogen and oxygen atoms in total. The second-order valence-electron chi connectivity index (χ2n) is 7.38. The maximum absolute atomic E-state index is 13.1. The Hall–Kier alpha value is -2.68. The summed E-state index contributed by atoms with van der Waals surface area (Å²) in [5.41, 5.74) is 0.939. The molecule has 162 valence electrons. The van der Waals surface area contributed by atoms with Crippen molar-refractivity contribution in [3.05, 3.63) is 40.4 Å². The van der Waals surface area contributed by atoms with Gasteiger partial charge >= 0.3 is 0 Å². The molecule has 1 aromatic carbocycles. The van der Waals surface area contributed by atoms with E-state index in [0.717, 1.165) is 24.2 Å². The predicted molar refractivity (Wildman–Crippen MR) is 115 cm³/mol. The van der Waals surface area contributed by atoms with E-state index in [9.17, 15) is 9.59 Å². The summed E-state index contributed by atoms with van der Waals surface area (Å²) in [6.45, 7) is 5.63. The van der Waals surface area contributed by atoms with Gasteiger partial charge in [-0.2, -0.15) is 5.10 Å². The highest BCUT2D eigenvalue weighted by Gasteiger charge is 2.44. The van der Waals surface area contributed by atoms with Crippen molar-refractivity contribution >= 4 is 24.0 Å². The quantitative estimate of drug-likeness (QED) is 0.596. The molecule has 0 saturated carbocycles. The molecular formula is C21H29N5O3S. The number of H-pyrrole nitrogens is 1. The number of nitrogens with zero attached hydrogens (tertiary/aromatic N) is 3. The van der Waals surface area contributed by atoms with Crippen LogP contribution in [0.2, 0.25) is 0 Å². The highest BCUT2D eigenvalue weighted by Crippen LogP contribution is 2.39. The van der Waals surface area contributed by atoms with E-state index < -0.39 is 5.92 Å². The highest BCUT2D eigenvalue weighted by molar-refractivity contribution is 7.71. The lowest BCUT2D eigenvalue weighted by Crippen LogP contribution is -2.36. The monoisotopic (exact) mass is 431 g/mol. The molecule has 9 heteroatoms. The van der Waals surface area contributed by atoms with Crippen molar-refractivity contribution in [1.82, 2.24) is 25.0 Å². The van der Waals surface area contributed by atoms with Gasteiger partial charge in [0, 0.05) is 19.5 Å². The standard InChI is InChI=1S/C21H29N5O3S/c1-4-6-11-26-18(27)12-16(19(26)14-7-9-15(29-3)10-8-14)20(28)22-13-17-23-24-21(30)25(17)5-2/h7-10,16,19H,4-6,11-13H2,1-3H3,(H,22,28)(H,24,30). The Morgan fingerprint density at radius 2 is 2.07 bits per heavy atom. The minimum atomic E-state index is -0.459. The first-order valence-corrected chi connectivity index (χ1v) is 10.8. The number of ether oxygens (including phenoxy) is 1. The Morgan fingerprint density at radius 1 is 1.33 bits per heavy atom. The van der Waals surface area contributed by atoms with Gasteiger partial charge < -0.3 is 19.5 Å². The number of rotatable bonds is 9. The molecule has 30 heavy (non-hydrogen) atoms. The van der Waals surface area contributed by atoms with Crippen LogP contribution in [-0.4, -0.2) is 45.1 Å². The number of aromatic amines is 1. The molecule has 2 atom stereocenters. The molecule has 2 unspecified atom stereocenters. The molecule has 1 fully saturated rings. The summed E-state index contributed by atoms with van der Waals surface area (Å²) in [6, 6.07) is 7.31. The Morgan fingerprint density at radius 3 is 2.70 bits per heavy atom. The van der Waals surface area contributed by atoms with Gasteiger partial charge in [0.2, 0.25) is 11.8 Å². The van der Waals surface area contributed by atoms with E-state index in [1.165, 1.54) is 0 Å². The van der Waals surface area contributed by atoms with Gasteiger partial charge in [-0.1, -0.05) is 25.5 Å². The van der Waals surface area contributed by atoms with E-state index in [-0.39, 0.29) is 30.8 Å². The van der Waals surface area contributed by atoms with Crippen LogP contribution in [0.15, 0.2) is 24.3 Å². The van der Waals surface area contributed by atoms with E-state index in [1.807, 2.05) is 40.7 Å². The summed E-state index contributed by atoms with van der Waals surface area (Å²) < 4.78 is 7.61. The first-order valence-electron chi connectivity index (χ1n) is 10.3. The summed E-state index contributed by atoms with van der Waals surface area (Å²) in [5.74, 6) is 0.815. The van der Waals surface area contributed by atoms with Crippen molar-refractivity contribution in [3.8, 4) is 5.75 Å². The number of carbonyl (C=O) groups excluding carboxylic acids is 2. The van der Waals surface area contributed by atoms with Gasteiger partial charge in [0.25, 0.3) is 0 Å². The molecule has 2 N–H and O–H groups in total. The number of carbonyl (C=O) groups is 2. The smallest absolute Gasteiger partial charge is 0.226 e. The molecule has 1 saturated heterocycles. The second-order valence-corrected chi connectivity index (χ2v) is 7.76. The molecule has 1 aliphatic rings. The fraction of sp³-hybridized carbons (Fsp3) is 0.524. The van der Waals surface area contributed by atoms with Crippen LogP contribution in [0.1, 0.15) is 50.5 Å². The topological polar surface area (TPSA) is 92.3 Å². The Balaban J connectivity index is 1.81. The molecule has 0 bridgehead atoms. The zero-order valence-corrected chi connectivity index (χ0v) is 18.5. The van der Waals surface area contributed by atoms with Gasteiger partial charge in [-0.15, -0.1) is 0 Å². The van der Waals surface area contributed by atoms with Crippen molar-refractivity contribution in [2.45, 2.75) is 52.2 Å². The highest BCUT2D eigenvalue weighted by atomic mass is 32.1. The number of unbranched alkanes of at least 4 members (excludes halogenated alkanes) is 1. The van der Waals surface area contributed by atoms with Gasteiger partial charge in [-0.25, -0.2) is 0 Å². The maximum atomic E-state index is 13.1. The van der Waals surface area contributed by atoms with Crippen LogP contribution in [0, 0.1) is 10.7 Å². The fourth-order valence-electron chi connectivity index (χ4n) is 3.94. The summed E-state index contributed by atoms with van der Waals surface area (Å²) in [7, 11) is 1.61. The van der Waals surface area contributed by atoms with Crippen LogP contribution in [0.25, 0.3) is 0 Å². The molecule has 3 rings (SSSR count). The van der Waals surface area contributed by atoms with Crippen LogP contribution < -0.4 is 10.1 Å². The van der Waals surface area contributed by atoms with Crippen LogP contribution in [0.5, 0.6) is 5.75 Å². The molecule has 2 aromatic rings. The fourth-order valence-corrected chi connectivity index (χ4v) is 4.22. The largest absolute Gasteiger partial charge is 0.497 e. The minimum absolute atomic E-state index is 0.0145. The molecule has 1 aromatic heterocycles. The molecule has 0 spiro atoms. The third-order valence-corrected chi connectivity index (χ3v) is 5.86. The van der Waals surface area contributed by atoms with Gasteiger partial charge in [-0.3, -0.25) is 14.7 Å². The number of likely N-dealkylation sites (tertiary alicyclic amines) is 1. The van der Waals surface area contributed by atoms with Gasteiger partial charge in [0.05, 0.1) is 25.6 Å². The normalized spacial score (nSPS) is 18.6. The van der Waals surface area contributed by atoms with E-state index in [1.54, 1.807) is 7.11 Å². The number of nitrogens with one attached hydrogen (secondary N) is 2. The van der Waals surface area contributed by atoms with Crippen molar-refractivity contribution in [3.63, 3.8) is 0 Å². The lowest BCUT2D eigenvalue weighted by Gasteiger charge is -2.28. The molecule has 1 aliphatic heterocycles. The van der Waals surface area contributed by atoms with Gasteiger partial charge in [0.1, 0.15) is 5.75 Å². The summed E-state index contributed by atoms with van der Waals surface area (Å²) in [5, 5.41) is 9.90. The van der Waals surface area contributed by atoms with E-state index in [2.05, 4.69) is 22.4 Å². The lowest BCUT2D eigenvalue weighted by atomic mass is 9.92. The van der Waals surface area contributed by atoms with Crippen LogP contribution in [0.3, 0.4) is 0 Å². The molecule has 0 aliphatic carbocycles. The Kier molecular flexibility index (Phi) is 7.25. The molecular weight excluding hydrogens is 402 g/mol. The van der Waals surface area contributed by atoms with E-state index >= 15 is 0 Å². The van der Waals surface area contributed by atoms with Crippen molar-refractivity contribution in [2.75, 3.05) is 13.7 Å². The second kappa shape index (κ2) is 9.88. The number of methoxy groups -OCH3 is 1. The number of benzene rings is 1. The molecule has 0 radical (unpaired) electrons. The number of amides is 2. The summed E-state index contributed by atoms with van der Waals surface area (Å²) in [4.78, 5) is 27.7. The zero-order chi connectivity index (χ0) is 21.7. The minimum Gasteiger partial charge on any atom is -0.497 e. The predicted octanol–water partition coefficient (Wildman–Crippen LogP) is 2.98. The first-order chi connectivity index (χ1) is 14.5. The van der Waals surface area contributed by atoms with Crippen molar-refractivity contribution in [2.24, 2.45) is 5.92 Å². The Bertz CT molecular complexity index is 937. The average Bonchev–Trinajstić information content (AvgIpc) is 3.29. The van der Waals surface area contributed by atoms with E-state index in [4.69, 9.17) is 17.0 Å². The van der Waals surface area contributed by atoms with E-state index in [0.29, 0.717) is 23.7 Å². The summed E-state index contributed by atoms with van der Waals surface area (Å²) >= 11 is 5.20. The summed E-state index contributed by atoms with van der Waals surface area (Å²) in [6.07, 6.45) is 2.08. The van der Waals surface area contributed by atoms with Gasteiger partial charge in [0.15, 0.2) is 10.6 Å². The SMILES string of the molecule is CCCCN1C(=O)CC(C(=O)NCc2n[nH]c(=S)n2CC)C1c1ccc(OC)cc1. The van der Waals surface area contributed by atoms with Crippen molar-refractivity contribution < 1.29 is 14.3 Å². The third kappa shape index (κ3) is 4.56.